The van der Waals surface area contributed by atoms with Gasteiger partial charge < -0.3 is 5.32 Å². The van der Waals surface area contributed by atoms with Crippen molar-refractivity contribution < 1.29 is 4.39 Å². The molecule has 1 atom stereocenters. The number of nitrogens with zero attached hydrogens (tertiary/aromatic N) is 2. The SMILES string of the molecule is C=Cn1cc(CNC(C)c2ccccc2F)cn1. The van der Waals surface area contributed by atoms with Gasteiger partial charge in [0.2, 0.25) is 0 Å². The van der Waals surface area contributed by atoms with Gasteiger partial charge in [0.25, 0.3) is 0 Å². The van der Waals surface area contributed by atoms with Crippen molar-refractivity contribution in [2.75, 3.05) is 0 Å². The summed E-state index contributed by atoms with van der Waals surface area (Å²) in [5.74, 6) is -0.181. The van der Waals surface area contributed by atoms with Crippen LogP contribution in [0.25, 0.3) is 6.20 Å². The minimum Gasteiger partial charge on any atom is -0.306 e. The van der Waals surface area contributed by atoms with Gasteiger partial charge >= 0.3 is 0 Å². The third kappa shape index (κ3) is 2.84. The standard InChI is InChI=1S/C14H16FN3/c1-3-18-10-12(9-17-18)8-16-11(2)13-6-4-5-7-14(13)15/h3-7,9-11,16H,1,8H2,2H3. The Bertz CT molecular complexity index is 533. The van der Waals surface area contributed by atoms with Crippen LogP contribution in [0.4, 0.5) is 4.39 Å². The lowest BCUT2D eigenvalue weighted by molar-refractivity contribution is 0.528. The maximum absolute atomic E-state index is 13.6. The highest BCUT2D eigenvalue weighted by Gasteiger charge is 2.09. The van der Waals surface area contributed by atoms with Gasteiger partial charge in [0.05, 0.1) is 6.20 Å². The van der Waals surface area contributed by atoms with Crippen molar-refractivity contribution in [1.82, 2.24) is 15.1 Å². The summed E-state index contributed by atoms with van der Waals surface area (Å²) in [4.78, 5) is 0. The van der Waals surface area contributed by atoms with E-state index in [1.807, 2.05) is 19.2 Å². The lowest BCUT2D eigenvalue weighted by Crippen LogP contribution is -2.18. The summed E-state index contributed by atoms with van der Waals surface area (Å²) in [7, 11) is 0. The number of hydrogen-bond donors (Lipinski definition) is 1. The molecule has 0 radical (unpaired) electrons. The first-order valence-electron chi connectivity index (χ1n) is 5.84. The van der Waals surface area contributed by atoms with E-state index in [0.29, 0.717) is 12.1 Å². The minimum absolute atomic E-state index is 0.0433. The fourth-order valence-electron chi connectivity index (χ4n) is 1.78. The smallest absolute Gasteiger partial charge is 0.127 e. The second-order valence-corrected chi connectivity index (χ2v) is 4.14. The number of hydrogen-bond acceptors (Lipinski definition) is 2. The van der Waals surface area contributed by atoms with Crippen molar-refractivity contribution in [2.24, 2.45) is 0 Å². The second-order valence-electron chi connectivity index (χ2n) is 4.14. The summed E-state index contributed by atoms with van der Waals surface area (Å²) in [5.41, 5.74) is 1.71. The molecule has 0 aliphatic carbocycles. The van der Waals surface area contributed by atoms with E-state index in [1.165, 1.54) is 6.07 Å². The van der Waals surface area contributed by atoms with E-state index >= 15 is 0 Å². The summed E-state index contributed by atoms with van der Waals surface area (Å²) in [6.07, 6.45) is 5.28. The van der Waals surface area contributed by atoms with Crippen LogP contribution in [-0.2, 0) is 6.54 Å². The van der Waals surface area contributed by atoms with E-state index in [9.17, 15) is 4.39 Å². The first-order valence-corrected chi connectivity index (χ1v) is 5.84. The molecule has 1 aromatic heterocycles. The molecule has 0 saturated carbocycles. The zero-order valence-corrected chi connectivity index (χ0v) is 10.3. The van der Waals surface area contributed by atoms with Crippen molar-refractivity contribution in [3.63, 3.8) is 0 Å². The molecule has 0 saturated heterocycles. The Labute approximate surface area is 106 Å². The summed E-state index contributed by atoms with van der Waals surface area (Å²) in [6, 6.07) is 6.76. The topological polar surface area (TPSA) is 29.9 Å². The van der Waals surface area contributed by atoms with Crippen LogP contribution in [-0.4, -0.2) is 9.78 Å². The van der Waals surface area contributed by atoms with Gasteiger partial charge in [-0.05, 0) is 13.0 Å². The quantitative estimate of drug-likeness (QED) is 0.877. The van der Waals surface area contributed by atoms with Crippen LogP contribution in [0.5, 0.6) is 0 Å². The molecule has 2 aromatic rings. The highest BCUT2D eigenvalue weighted by Crippen LogP contribution is 2.16. The largest absolute Gasteiger partial charge is 0.306 e. The highest BCUT2D eigenvalue weighted by molar-refractivity contribution is 5.21. The van der Waals surface area contributed by atoms with E-state index in [-0.39, 0.29) is 11.9 Å². The summed E-state index contributed by atoms with van der Waals surface area (Å²) in [6.45, 7) is 6.21. The average molecular weight is 245 g/mol. The number of rotatable bonds is 5. The molecule has 0 bridgehead atoms. The van der Waals surface area contributed by atoms with E-state index in [2.05, 4.69) is 17.0 Å². The maximum atomic E-state index is 13.6. The van der Waals surface area contributed by atoms with Gasteiger partial charge in [-0.15, -0.1) is 0 Å². The van der Waals surface area contributed by atoms with Crippen molar-refractivity contribution in [3.05, 3.63) is 60.2 Å². The van der Waals surface area contributed by atoms with Crippen molar-refractivity contribution >= 4 is 6.20 Å². The molecule has 18 heavy (non-hydrogen) atoms. The Hall–Kier alpha value is -1.94. The van der Waals surface area contributed by atoms with Gasteiger partial charge in [-0.2, -0.15) is 5.10 Å². The molecule has 1 heterocycles. The lowest BCUT2D eigenvalue weighted by Gasteiger charge is -2.14. The van der Waals surface area contributed by atoms with Crippen LogP contribution in [0.3, 0.4) is 0 Å². The molecule has 4 heteroatoms. The Kier molecular flexibility index (Phi) is 3.89. The molecule has 0 aliphatic heterocycles. The zero-order valence-electron chi connectivity index (χ0n) is 10.3. The van der Waals surface area contributed by atoms with Crippen LogP contribution < -0.4 is 5.32 Å². The van der Waals surface area contributed by atoms with E-state index in [0.717, 1.165) is 5.56 Å². The van der Waals surface area contributed by atoms with E-state index < -0.39 is 0 Å². The second kappa shape index (κ2) is 5.60. The monoisotopic (exact) mass is 245 g/mol. The van der Waals surface area contributed by atoms with Crippen molar-refractivity contribution in [2.45, 2.75) is 19.5 Å². The van der Waals surface area contributed by atoms with Crippen LogP contribution in [0.1, 0.15) is 24.1 Å². The molecule has 0 fully saturated rings. The van der Waals surface area contributed by atoms with Gasteiger partial charge in [0.1, 0.15) is 5.82 Å². The molecule has 0 aliphatic rings. The van der Waals surface area contributed by atoms with Gasteiger partial charge in [-0.1, -0.05) is 24.8 Å². The molecule has 0 amide bonds. The first kappa shape index (κ1) is 12.5. The van der Waals surface area contributed by atoms with Crippen LogP contribution in [0.15, 0.2) is 43.2 Å². The predicted octanol–water partition coefficient (Wildman–Crippen LogP) is 2.97. The lowest BCUT2D eigenvalue weighted by atomic mass is 10.1. The van der Waals surface area contributed by atoms with Crippen LogP contribution in [0.2, 0.25) is 0 Å². The van der Waals surface area contributed by atoms with Crippen LogP contribution in [0, 0.1) is 5.82 Å². The molecule has 0 spiro atoms. The molecule has 3 nitrogen and oxygen atoms in total. The van der Waals surface area contributed by atoms with Crippen molar-refractivity contribution in [1.29, 1.82) is 0 Å². The van der Waals surface area contributed by atoms with E-state index in [4.69, 9.17) is 0 Å². The van der Waals surface area contributed by atoms with Gasteiger partial charge in [0, 0.05) is 36.1 Å². The Balaban J connectivity index is 1.98. The van der Waals surface area contributed by atoms with E-state index in [1.54, 1.807) is 29.2 Å². The number of nitrogens with one attached hydrogen (secondary N) is 1. The molecule has 1 aromatic carbocycles. The normalized spacial score (nSPS) is 12.3. The minimum atomic E-state index is -0.181. The average Bonchev–Trinajstić information content (AvgIpc) is 2.84. The van der Waals surface area contributed by atoms with Gasteiger partial charge in [-0.3, -0.25) is 0 Å². The van der Waals surface area contributed by atoms with Gasteiger partial charge in [0.15, 0.2) is 0 Å². The fourth-order valence-corrected chi connectivity index (χ4v) is 1.78. The summed E-state index contributed by atoms with van der Waals surface area (Å²) in [5, 5.41) is 7.35. The predicted molar refractivity (Wildman–Crippen MR) is 70.3 cm³/mol. The maximum Gasteiger partial charge on any atom is 0.127 e. The molecule has 1 unspecified atom stereocenters. The van der Waals surface area contributed by atoms with Crippen LogP contribution >= 0.6 is 0 Å². The summed E-state index contributed by atoms with van der Waals surface area (Å²) < 4.78 is 15.2. The first-order chi connectivity index (χ1) is 8.70. The Morgan fingerprint density at radius 1 is 1.50 bits per heavy atom. The number of aromatic nitrogens is 2. The molecular weight excluding hydrogens is 229 g/mol. The van der Waals surface area contributed by atoms with Crippen molar-refractivity contribution in [3.8, 4) is 0 Å². The molecular formula is C14H16FN3. The van der Waals surface area contributed by atoms with Gasteiger partial charge in [-0.25, -0.2) is 9.07 Å². The third-order valence-electron chi connectivity index (χ3n) is 2.83. The Morgan fingerprint density at radius 2 is 2.28 bits per heavy atom. The molecule has 94 valence electrons. The zero-order chi connectivity index (χ0) is 13.0. The Morgan fingerprint density at radius 3 is 2.94 bits per heavy atom. The molecule has 2 rings (SSSR count). The molecule has 1 N–H and O–H groups in total. The summed E-state index contributed by atoms with van der Waals surface area (Å²) >= 11 is 0. The highest BCUT2D eigenvalue weighted by atomic mass is 19.1. The third-order valence-corrected chi connectivity index (χ3v) is 2.83. The number of halogens is 1. The fraction of sp³-hybridized carbons (Fsp3) is 0.214. The number of benzene rings is 1.